The first-order valence-corrected chi connectivity index (χ1v) is 10.0. The minimum absolute atomic E-state index is 0. The molecule has 0 bridgehead atoms. The molecule has 1 aromatic rings. The fourth-order valence-electron chi connectivity index (χ4n) is 3.69. The predicted molar refractivity (Wildman–Crippen MR) is 124 cm³/mol. The van der Waals surface area contributed by atoms with Gasteiger partial charge in [-0.3, -0.25) is 9.89 Å². The number of hydrogen-bond acceptors (Lipinski definition) is 2. The second kappa shape index (κ2) is 12.0. The fraction of sp³-hybridized carbons (Fsp3) is 0.667. The number of nitrogens with one attached hydrogen (secondary N) is 1. The molecule has 1 heterocycles. The van der Waals surface area contributed by atoms with Gasteiger partial charge in [0.25, 0.3) is 0 Å². The molecule has 1 fully saturated rings. The van der Waals surface area contributed by atoms with Crippen LogP contribution in [0.15, 0.2) is 29.3 Å². The van der Waals surface area contributed by atoms with Gasteiger partial charge in [0.15, 0.2) is 5.96 Å². The van der Waals surface area contributed by atoms with Gasteiger partial charge in [0.1, 0.15) is 0 Å². The summed E-state index contributed by atoms with van der Waals surface area (Å²) in [5.74, 6) is 1.41. The maximum absolute atomic E-state index is 12.7. The SMILES string of the molecule is CCN(CC1CCN(C(=NC)NCC(C)c2ccc(C)cc2)C1)CC(F)(F)F.I. The summed E-state index contributed by atoms with van der Waals surface area (Å²) in [6.07, 6.45) is -3.25. The van der Waals surface area contributed by atoms with Crippen molar-refractivity contribution in [3.8, 4) is 0 Å². The third kappa shape index (κ3) is 8.70. The first-order chi connectivity index (χ1) is 13.2. The van der Waals surface area contributed by atoms with E-state index in [1.807, 2.05) is 0 Å². The normalized spacial score (nSPS) is 18.7. The Morgan fingerprint density at radius 2 is 1.97 bits per heavy atom. The van der Waals surface area contributed by atoms with Gasteiger partial charge in [0.05, 0.1) is 6.54 Å². The highest BCUT2D eigenvalue weighted by molar-refractivity contribution is 14.0. The number of halogens is 4. The van der Waals surface area contributed by atoms with Crippen LogP contribution in [0.4, 0.5) is 13.2 Å². The van der Waals surface area contributed by atoms with E-state index in [0.717, 1.165) is 32.0 Å². The summed E-state index contributed by atoms with van der Waals surface area (Å²) in [7, 11) is 1.76. The molecule has 0 aliphatic carbocycles. The minimum atomic E-state index is -4.14. The van der Waals surface area contributed by atoms with Crippen LogP contribution in [0.3, 0.4) is 0 Å². The first kappa shape index (κ1) is 26.0. The summed E-state index contributed by atoms with van der Waals surface area (Å²) >= 11 is 0. The predicted octanol–water partition coefficient (Wildman–Crippen LogP) is 4.50. The summed E-state index contributed by atoms with van der Waals surface area (Å²) in [5.41, 5.74) is 2.52. The molecule has 2 rings (SSSR count). The maximum atomic E-state index is 12.7. The molecule has 0 saturated carbocycles. The molecule has 166 valence electrons. The number of benzene rings is 1. The van der Waals surface area contributed by atoms with E-state index >= 15 is 0 Å². The Balaban J connectivity index is 0.00000420. The van der Waals surface area contributed by atoms with Crippen molar-refractivity contribution in [2.75, 3.05) is 46.3 Å². The second-order valence-corrected chi connectivity index (χ2v) is 7.78. The molecule has 1 aromatic carbocycles. The average molecular weight is 526 g/mol. The average Bonchev–Trinajstić information content (AvgIpc) is 3.09. The molecule has 0 amide bonds. The van der Waals surface area contributed by atoms with Gasteiger partial charge in [-0.25, -0.2) is 0 Å². The van der Waals surface area contributed by atoms with E-state index in [9.17, 15) is 13.2 Å². The largest absolute Gasteiger partial charge is 0.401 e. The molecule has 1 N–H and O–H groups in total. The standard InChI is InChI=1S/C21H33F3N4.HI/c1-5-27(15-21(22,23)24)13-18-10-11-28(14-18)20(25-4)26-12-17(3)19-8-6-16(2)7-9-19;/h6-9,17-18H,5,10-15H2,1-4H3,(H,25,26);1H. The lowest BCUT2D eigenvalue weighted by Crippen LogP contribution is -2.42. The molecule has 1 saturated heterocycles. The van der Waals surface area contributed by atoms with Crippen LogP contribution in [-0.2, 0) is 0 Å². The summed E-state index contributed by atoms with van der Waals surface area (Å²) in [6.45, 7) is 8.43. The van der Waals surface area contributed by atoms with E-state index in [-0.39, 0.29) is 29.9 Å². The Kier molecular flexibility index (Phi) is 10.7. The van der Waals surface area contributed by atoms with Gasteiger partial charge in [0.2, 0.25) is 0 Å². The van der Waals surface area contributed by atoms with Crippen LogP contribution in [0.25, 0.3) is 0 Å². The van der Waals surface area contributed by atoms with Gasteiger partial charge < -0.3 is 10.2 Å². The third-order valence-electron chi connectivity index (χ3n) is 5.38. The van der Waals surface area contributed by atoms with E-state index in [1.54, 1.807) is 14.0 Å². The molecular weight excluding hydrogens is 492 g/mol. The lowest BCUT2D eigenvalue weighted by molar-refractivity contribution is -0.146. The first-order valence-electron chi connectivity index (χ1n) is 10.0. The van der Waals surface area contributed by atoms with Crippen LogP contribution < -0.4 is 5.32 Å². The van der Waals surface area contributed by atoms with Gasteiger partial charge in [-0.15, -0.1) is 24.0 Å². The fourth-order valence-corrected chi connectivity index (χ4v) is 3.69. The van der Waals surface area contributed by atoms with Crippen molar-refractivity contribution in [1.29, 1.82) is 0 Å². The van der Waals surface area contributed by atoms with Crippen LogP contribution in [0.5, 0.6) is 0 Å². The van der Waals surface area contributed by atoms with E-state index in [2.05, 4.69) is 53.3 Å². The molecule has 29 heavy (non-hydrogen) atoms. The van der Waals surface area contributed by atoms with Crippen molar-refractivity contribution in [1.82, 2.24) is 15.1 Å². The number of guanidine groups is 1. The maximum Gasteiger partial charge on any atom is 0.401 e. The van der Waals surface area contributed by atoms with Gasteiger partial charge in [-0.1, -0.05) is 43.7 Å². The van der Waals surface area contributed by atoms with Crippen molar-refractivity contribution in [2.24, 2.45) is 10.9 Å². The zero-order valence-corrected chi connectivity index (χ0v) is 20.1. The zero-order valence-electron chi connectivity index (χ0n) is 17.8. The summed E-state index contributed by atoms with van der Waals surface area (Å²) in [5, 5.41) is 3.43. The Morgan fingerprint density at radius 3 is 2.52 bits per heavy atom. The zero-order chi connectivity index (χ0) is 20.7. The summed E-state index contributed by atoms with van der Waals surface area (Å²) in [4.78, 5) is 8.03. The Labute approximate surface area is 190 Å². The van der Waals surface area contributed by atoms with E-state index in [4.69, 9.17) is 0 Å². The Morgan fingerprint density at radius 1 is 1.31 bits per heavy atom. The smallest absolute Gasteiger partial charge is 0.356 e. The van der Waals surface area contributed by atoms with Crippen LogP contribution in [0.2, 0.25) is 0 Å². The number of nitrogens with zero attached hydrogens (tertiary/aromatic N) is 3. The van der Waals surface area contributed by atoms with Gasteiger partial charge in [-0.05, 0) is 37.3 Å². The minimum Gasteiger partial charge on any atom is -0.356 e. The molecule has 0 aromatic heterocycles. The van der Waals surface area contributed by atoms with E-state index < -0.39 is 12.7 Å². The molecule has 0 spiro atoms. The van der Waals surface area contributed by atoms with Crippen LogP contribution in [0, 0.1) is 12.8 Å². The number of hydrogen-bond donors (Lipinski definition) is 1. The Bertz CT molecular complexity index is 634. The molecule has 4 nitrogen and oxygen atoms in total. The lowest BCUT2D eigenvalue weighted by atomic mass is 10.0. The van der Waals surface area contributed by atoms with Crippen LogP contribution >= 0.6 is 24.0 Å². The highest BCUT2D eigenvalue weighted by atomic mass is 127. The van der Waals surface area contributed by atoms with E-state index in [0.29, 0.717) is 19.0 Å². The van der Waals surface area contributed by atoms with Crippen LogP contribution in [-0.4, -0.2) is 68.3 Å². The molecular formula is C21H34F3IN4. The molecule has 8 heteroatoms. The van der Waals surface area contributed by atoms with Crippen molar-refractivity contribution in [2.45, 2.75) is 39.3 Å². The highest BCUT2D eigenvalue weighted by Crippen LogP contribution is 2.22. The lowest BCUT2D eigenvalue weighted by Gasteiger charge is -2.26. The van der Waals surface area contributed by atoms with Gasteiger partial charge >= 0.3 is 6.18 Å². The van der Waals surface area contributed by atoms with Crippen molar-refractivity contribution in [3.63, 3.8) is 0 Å². The number of aryl methyl sites for hydroxylation is 1. The number of aliphatic imine (C=N–C) groups is 1. The summed E-state index contributed by atoms with van der Waals surface area (Å²) in [6, 6.07) is 8.53. The third-order valence-corrected chi connectivity index (χ3v) is 5.38. The Hall–Kier alpha value is -1.03. The molecule has 1 aliphatic heterocycles. The topological polar surface area (TPSA) is 30.9 Å². The highest BCUT2D eigenvalue weighted by Gasteiger charge is 2.33. The van der Waals surface area contributed by atoms with Crippen molar-refractivity contribution < 1.29 is 13.2 Å². The summed E-state index contributed by atoms with van der Waals surface area (Å²) < 4.78 is 38.0. The second-order valence-electron chi connectivity index (χ2n) is 7.78. The van der Waals surface area contributed by atoms with Gasteiger partial charge in [0, 0.05) is 33.2 Å². The number of alkyl halides is 3. The van der Waals surface area contributed by atoms with E-state index in [1.165, 1.54) is 16.0 Å². The van der Waals surface area contributed by atoms with Crippen molar-refractivity contribution in [3.05, 3.63) is 35.4 Å². The monoisotopic (exact) mass is 526 g/mol. The molecule has 2 atom stereocenters. The molecule has 1 aliphatic rings. The quantitative estimate of drug-likeness (QED) is 0.323. The van der Waals surface area contributed by atoms with Crippen LogP contribution in [0.1, 0.15) is 37.3 Å². The number of likely N-dealkylation sites (tertiary alicyclic amines) is 1. The van der Waals surface area contributed by atoms with Crippen molar-refractivity contribution >= 4 is 29.9 Å². The number of rotatable bonds is 7. The molecule has 0 radical (unpaired) electrons. The molecule has 2 unspecified atom stereocenters. The van der Waals surface area contributed by atoms with Gasteiger partial charge in [-0.2, -0.15) is 13.2 Å².